The number of amides is 2. The Labute approximate surface area is 226 Å². The molecule has 0 saturated heterocycles. The molecule has 8 nitrogen and oxygen atoms in total. The molecule has 0 aliphatic rings. The second-order valence-electron chi connectivity index (χ2n) is 7.28. The van der Waals surface area contributed by atoms with Gasteiger partial charge in [0, 0.05) is 16.4 Å². The van der Waals surface area contributed by atoms with Crippen LogP contribution in [0, 0.1) is 14.9 Å². The molecular formula is C26H21ClIN3O5. The van der Waals surface area contributed by atoms with Crippen molar-refractivity contribution in [2.75, 3.05) is 23.8 Å². The van der Waals surface area contributed by atoms with E-state index >= 15 is 0 Å². The molecule has 0 aromatic heterocycles. The maximum atomic E-state index is 12.6. The van der Waals surface area contributed by atoms with Crippen LogP contribution in [-0.2, 0) is 9.59 Å². The molecule has 36 heavy (non-hydrogen) atoms. The molecule has 3 aromatic rings. The van der Waals surface area contributed by atoms with Gasteiger partial charge in [-0.1, -0.05) is 11.6 Å². The van der Waals surface area contributed by atoms with Gasteiger partial charge in [0.1, 0.15) is 17.4 Å². The molecule has 3 rings (SSSR count). The zero-order valence-electron chi connectivity index (χ0n) is 19.0. The minimum absolute atomic E-state index is 0.0619. The van der Waals surface area contributed by atoms with Crippen LogP contribution in [0.15, 0.2) is 66.2 Å². The predicted octanol–water partition coefficient (Wildman–Crippen LogP) is 5.61. The third-order valence-corrected chi connectivity index (χ3v) is 5.66. The molecule has 0 fully saturated rings. The number of nitrogens with one attached hydrogen (secondary N) is 2. The summed E-state index contributed by atoms with van der Waals surface area (Å²) in [6.07, 6.45) is 1.43. The number of nitriles is 1. The molecule has 2 amide bonds. The Morgan fingerprint density at radius 3 is 2.33 bits per heavy atom. The number of carbonyl (C=O) groups excluding carboxylic acids is 2. The lowest BCUT2D eigenvalue weighted by molar-refractivity contribution is -0.118. The zero-order valence-corrected chi connectivity index (χ0v) is 22.0. The molecule has 0 unspecified atom stereocenters. The topological polar surface area (TPSA) is 121 Å². The first kappa shape index (κ1) is 26.8. The first-order valence-corrected chi connectivity index (χ1v) is 12.1. The summed E-state index contributed by atoms with van der Waals surface area (Å²) >= 11 is 7.90. The summed E-state index contributed by atoms with van der Waals surface area (Å²) in [5.41, 5.74) is 1.43. The summed E-state index contributed by atoms with van der Waals surface area (Å²) < 4.78 is 12.1. The van der Waals surface area contributed by atoms with Crippen molar-refractivity contribution >= 4 is 63.5 Å². The van der Waals surface area contributed by atoms with E-state index in [4.69, 9.17) is 21.1 Å². The fourth-order valence-electron chi connectivity index (χ4n) is 3.00. The lowest BCUT2D eigenvalue weighted by atomic mass is 10.1. The second-order valence-corrected chi connectivity index (χ2v) is 8.88. The van der Waals surface area contributed by atoms with E-state index in [9.17, 15) is 20.0 Å². The molecule has 0 atom stereocenters. The van der Waals surface area contributed by atoms with E-state index in [1.54, 1.807) is 43.3 Å². The highest BCUT2D eigenvalue weighted by atomic mass is 127. The minimum Gasteiger partial charge on any atom is -0.508 e. The lowest BCUT2D eigenvalue weighted by Crippen LogP contribution is -2.20. The average Bonchev–Trinajstić information content (AvgIpc) is 2.85. The van der Waals surface area contributed by atoms with E-state index < -0.39 is 5.91 Å². The Morgan fingerprint density at radius 2 is 1.69 bits per heavy atom. The van der Waals surface area contributed by atoms with E-state index in [-0.39, 0.29) is 23.8 Å². The number of benzene rings is 3. The van der Waals surface area contributed by atoms with Crippen LogP contribution in [0.5, 0.6) is 17.2 Å². The summed E-state index contributed by atoms with van der Waals surface area (Å²) in [4.78, 5) is 24.9. The Hall–Kier alpha value is -3.75. The number of halogens is 2. The summed E-state index contributed by atoms with van der Waals surface area (Å²) in [5.74, 6) is -0.168. The van der Waals surface area contributed by atoms with Crippen LogP contribution in [0.3, 0.4) is 0 Å². The quantitative estimate of drug-likeness (QED) is 0.124. The number of rotatable bonds is 9. The van der Waals surface area contributed by atoms with Crippen molar-refractivity contribution in [2.24, 2.45) is 0 Å². The van der Waals surface area contributed by atoms with Crippen LogP contribution in [0.2, 0.25) is 5.02 Å². The van der Waals surface area contributed by atoms with Gasteiger partial charge in [-0.3, -0.25) is 9.59 Å². The van der Waals surface area contributed by atoms with E-state index in [1.165, 1.54) is 30.3 Å². The van der Waals surface area contributed by atoms with E-state index in [0.29, 0.717) is 43.6 Å². The summed E-state index contributed by atoms with van der Waals surface area (Å²) in [5, 5.41) is 24.8. The monoisotopic (exact) mass is 617 g/mol. The number of phenols is 1. The minimum atomic E-state index is -0.602. The molecule has 0 saturated carbocycles. The van der Waals surface area contributed by atoms with Crippen molar-refractivity contribution in [2.45, 2.75) is 6.92 Å². The lowest BCUT2D eigenvalue weighted by Gasteiger charge is -2.15. The molecule has 3 N–H and O–H groups in total. The van der Waals surface area contributed by atoms with Gasteiger partial charge in [-0.2, -0.15) is 5.26 Å². The summed E-state index contributed by atoms with van der Waals surface area (Å²) in [6.45, 7) is 1.88. The third kappa shape index (κ3) is 7.63. The van der Waals surface area contributed by atoms with Crippen molar-refractivity contribution in [1.29, 1.82) is 5.26 Å². The summed E-state index contributed by atoms with van der Waals surface area (Å²) in [6, 6.07) is 17.8. The first-order chi connectivity index (χ1) is 17.3. The molecule has 0 aliphatic carbocycles. The fourth-order valence-corrected chi connectivity index (χ4v) is 3.91. The van der Waals surface area contributed by atoms with Crippen LogP contribution in [0.4, 0.5) is 11.4 Å². The molecule has 0 bridgehead atoms. The number of aromatic hydroxyl groups is 1. The van der Waals surface area contributed by atoms with Crippen LogP contribution in [-0.4, -0.2) is 30.1 Å². The Morgan fingerprint density at radius 1 is 1.06 bits per heavy atom. The number of ether oxygens (including phenoxy) is 2. The highest BCUT2D eigenvalue weighted by molar-refractivity contribution is 14.1. The van der Waals surface area contributed by atoms with Gasteiger partial charge >= 0.3 is 0 Å². The number of hydrogen-bond donors (Lipinski definition) is 3. The van der Waals surface area contributed by atoms with Crippen molar-refractivity contribution in [3.8, 4) is 23.3 Å². The van der Waals surface area contributed by atoms with Crippen LogP contribution >= 0.6 is 34.2 Å². The number of phenolic OH excluding ortho intramolecular Hbond substituents is 1. The normalized spacial score (nSPS) is 10.8. The Kier molecular flexibility index (Phi) is 9.55. The van der Waals surface area contributed by atoms with E-state index in [0.717, 1.165) is 0 Å². The van der Waals surface area contributed by atoms with E-state index in [1.807, 2.05) is 28.7 Å². The molecule has 3 aromatic carbocycles. The van der Waals surface area contributed by atoms with Crippen molar-refractivity contribution in [1.82, 2.24) is 0 Å². The smallest absolute Gasteiger partial charge is 0.266 e. The molecule has 184 valence electrons. The maximum absolute atomic E-state index is 12.6. The molecule has 0 spiro atoms. The highest BCUT2D eigenvalue weighted by Gasteiger charge is 2.16. The van der Waals surface area contributed by atoms with Gasteiger partial charge < -0.3 is 25.2 Å². The number of hydrogen-bond acceptors (Lipinski definition) is 6. The van der Waals surface area contributed by atoms with Gasteiger partial charge in [-0.25, -0.2) is 0 Å². The van der Waals surface area contributed by atoms with Crippen LogP contribution in [0.1, 0.15) is 12.5 Å². The van der Waals surface area contributed by atoms with Gasteiger partial charge in [0.15, 0.2) is 18.1 Å². The summed E-state index contributed by atoms with van der Waals surface area (Å²) in [7, 11) is 0. The number of carbonyl (C=O) groups is 2. The van der Waals surface area contributed by atoms with Gasteiger partial charge in [0.2, 0.25) is 0 Å². The van der Waals surface area contributed by atoms with E-state index in [2.05, 4.69) is 10.6 Å². The molecule has 0 heterocycles. The number of anilines is 2. The first-order valence-electron chi connectivity index (χ1n) is 10.7. The highest BCUT2D eigenvalue weighted by Crippen LogP contribution is 2.35. The molecular weight excluding hydrogens is 597 g/mol. The largest absolute Gasteiger partial charge is 0.508 e. The predicted molar refractivity (Wildman–Crippen MR) is 146 cm³/mol. The molecule has 0 radical (unpaired) electrons. The second kappa shape index (κ2) is 12.8. The van der Waals surface area contributed by atoms with Gasteiger partial charge in [0.05, 0.1) is 10.2 Å². The van der Waals surface area contributed by atoms with Crippen molar-refractivity contribution in [3.05, 3.63) is 80.4 Å². The fraction of sp³-hybridized carbons (Fsp3) is 0.115. The SMILES string of the molecule is CCOc1cc(/C=C(\C#N)C(=O)Nc2ccc(O)cc2)cc(I)c1OCC(=O)Nc1ccc(Cl)cc1. The molecule has 10 heteroatoms. The van der Waals surface area contributed by atoms with Crippen molar-refractivity contribution < 1.29 is 24.2 Å². The zero-order chi connectivity index (χ0) is 26.1. The van der Waals surface area contributed by atoms with Crippen LogP contribution in [0.25, 0.3) is 6.08 Å². The van der Waals surface area contributed by atoms with Crippen LogP contribution < -0.4 is 20.1 Å². The standard InChI is InChI=1S/C26H21ClIN3O5/c1-2-35-23-13-16(11-17(14-29)26(34)31-20-7-9-21(32)10-8-20)12-22(28)25(23)36-15-24(33)30-19-5-3-18(27)4-6-19/h3-13,32H,2,15H2,1H3,(H,30,33)(H,31,34)/b17-11+. The van der Waals surface area contributed by atoms with Gasteiger partial charge in [-0.05, 0) is 102 Å². The van der Waals surface area contributed by atoms with Crippen molar-refractivity contribution in [3.63, 3.8) is 0 Å². The Balaban J connectivity index is 1.76. The third-order valence-electron chi connectivity index (χ3n) is 4.61. The average molecular weight is 618 g/mol. The maximum Gasteiger partial charge on any atom is 0.266 e. The van der Waals surface area contributed by atoms with Gasteiger partial charge in [0.25, 0.3) is 11.8 Å². The van der Waals surface area contributed by atoms with Gasteiger partial charge in [-0.15, -0.1) is 0 Å². The number of nitrogens with zero attached hydrogens (tertiary/aromatic N) is 1. The Bertz CT molecular complexity index is 1320. The molecule has 0 aliphatic heterocycles.